The van der Waals surface area contributed by atoms with E-state index in [0.29, 0.717) is 60.9 Å². The molecule has 0 bridgehead atoms. The molecule has 0 saturated carbocycles. The number of methoxy groups -OCH3 is 4. The molecular formula is C31H44O7. The monoisotopic (exact) mass is 528 g/mol. The number of hydrogen-bond acceptors (Lipinski definition) is 7. The molecule has 38 heavy (non-hydrogen) atoms. The van der Waals surface area contributed by atoms with E-state index in [-0.39, 0.29) is 11.8 Å². The molecule has 0 aromatic heterocycles. The van der Waals surface area contributed by atoms with E-state index < -0.39 is 0 Å². The molecule has 210 valence electrons. The second kappa shape index (κ2) is 14.2. The molecule has 0 heterocycles. The van der Waals surface area contributed by atoms with Crippen molar-refractivity contribution >= 4 is 6.08 Å². The van der Waals surface area contributed by atoms with Gasteiger partial charge in [-0.2, -0.15) is 0 Å². The highest BCUT2D eigenvalue weighted by Gasteiger charge is 2.37. The van der Waals surface area contributed by atoms with Crippen LogP contribution in [0.1, 0.15) is 69.6 Å². The minimum Gasteiger partial charge on any atom is -0.493 e. The Morgan fingerprint density at radius 1 is 0.658 bits per heavy atom. The lowest BCUT2D eigenvalue weighted by Crippen LogP contribution is -2.26. The average molecular weight is 529 g/mol. The van der Waals surface area contributed by atoms with Gasteiger partial charge in [0.1, 0.15) is 0 Å². The zero-order valence-electron chi connectivity index (χ0n) is 24.3. The maximum Gasteiger partial charge on any atom is 0.203 e. The van der Waals surface area contributed by atoms with Crippen LogP contribution < -0.4 is 28.4 Å². The third kappa shape index (κ3) is 6.15. The van der Waals surface area contributed by atoms with Crippen molar-refractivity contribution in [2.45, 2.75) is 52.9 Å². The number of hydrogen-bond donors (Lipinski definition) is 0. The van der Waals surface area contributed by atoms with E-state index >= 15 is 0 Å². The first-order valence-electron chi connectivity index (χ1n) is 13.6. The second-order valence-corrected chi connectivity index (χ2v) is 9.44. The van der Waals surface area contributed by atoms with E-state index in [4.69, 9.17) is 33.2 Å². The van der Waals surface area contributed by atoms with E-state index in [1.54, 1.807) is 28.4 Å². The first-order chi connectivity index (χ1) is 18.5. The fraction of sp³-hybridized carbons (Fsp3) is 0.548. The van der Waals surface area contributed by atoms with Gasteiger partial charge in [-0.05, 0) is 55.5 Å². The quantitative estimate of drug-likeness (QED) is 0.233. The Kier molecular flexibility index (Phi) is 11.0. The van der Waals surface area contributed by atoms with Gasteiger partial charge >= 0.3 is 0 Å². The zero-order chi connectivity index (χ0) is 27.7. The Morgan fingerprint density at radius 3 is 1.74 bits per heavy atom. The second-order valence-electron chi connectivity index (χ2n) is 9.44. The lowest BCUT2D eigenvalue weighted by molar-refractivity contribution is 0.104. The number of benzene rings is 2. The summed E-state index contributed by atoms with van der Waals surface area (Å²) in [4.78, 5) is 0. The summed E-state index contributed by atoms with van der Waals surface area (Å²) < 4.78 is 41.8. The smallest absolute Gasteiger partial charge is 0.203 e. The molecule has 0 amide bonds. The molecule has 0 radical (unpaired) electrons. The van der Waals surface area contributed by atoms with Gasteiger partial charge in [0, 0.05) is 24.0 Å². The molecule has 2 atom stereocenters. The number of ether oxygens (including phenoxy) is 7. The molecule has 3 rings (SSSR count). The van der Waals surface area contributed by atoms with Crippen LogP contribution in [0.4, 0.5) is 0 Å². The summed E-state index contributed by atoms with van der Waals surface area (Å²) in [5.74, 6) is 3.75. The van der Waals surface area contributed by atoms with Crippen LogP contribution in [0.25, 0.3) is 6.08 Å². The molecule has 0 fully saturated rings. The van der Waals surface area contributed by atoms with Crippen LogP contribution in [0, 0.1) is 5.92 Å². The summed E-state index contributed by atoms with van der Waals surface area (Å²) in [7, 11) is 6.65. The van der Waals surface area contributed by atoms with E-state index in [1.165, 1.54) is 5.57 Å². The van der Waals surface area contributed by atoms with Crippen molar-refractivity contribution in [3.05, 3.63) is 40.5 Å². The molecule has 2 unspecified atom stereocenters. The van der Waals surface area contributed by atoms with Crippen LogP contribution in [-0.2, 0) is 4.74 Å². The summed E-state index contributed by atoms with van der Waals surface area (Å²) in [5, 5.41) is 0. The Balaban J connectivity index is 2.30. The molecule has 2 aromatic carbocycles. The van der Waals surface area contributed by atoms with Gasteiger partial charge in [0.05, 0.1) is 48.3 Å². The lowest BCUT2D eigenvalue weighted by Gasteiger charge is -2.36. The number of rotatable bonds is 15. The van der Waals surface area contributed by atoms with Crippen LogP contribution in [-0.4, -0.2) is 54.9 Å². The molecule has 7 nitrogen and oxygen atoms in total. The van der Waals surface area contributed by atoms with Crippen LogP contribution in [0.15, 0.2) is 23.8 Å². The van der Waals surface area contributed by atoms with Crippen LogP contribution in [0.3, 0.4) is 0 Å². The molecule has 1 aliphatic rings. The summed E-state index contributed by atoms with van der Waals surface area (Å²) in [6.07, 6.45) is 4.91. The molecule has 0 saturated heterocycles. The summed E-state index contributed by atoms with van der Waals surface area (Å²) in [5.41, 5.74) is 4.29. The predicted octanol–water partition coefficient (Wildman–Crippen LogP) is 6.89. The maximum absolute atomic E-state index is 6.19. The van der Waals surface area contributed by atoms with Crippen LogP contribution in [0.2, 0.25) is 0 Å². The average Bonchev–Trinajstić information content (AvgIpc) is 2.94. The first-order valence-corrected chi connectivity index (χ1v) is 13.6. The van der Waals surface area contributed by atoms with Gasteiger partial charge in [-0.15, -0.1) is 0 Å². The molecule has 7 heteroatoms. The van der Waals surface area contributed by atoms with Crippen molar-refractivity contribution in [1.82, 2.24) is 0 Å². The lowest BCUT2D eigenvalue weighted by atomic mass is 9.71. The third-order valence-corrected chi connectivity index (χ3v) is 6.77. The van der Waals surface area contributed by atoms with Gasteiger partial charge in [0.25, 0.3) is 0 Å². The summed E-state index contributed by atoms with van der Waals surface area (Å²) >= 11 is 0. The molecule has 0 aliphatic heterocycles. The van der Waals surface area contributed by atoms with Gasteiger partial charge < -0.3 is 33.2 Å². The standard InChI is InChI=1S/C31H44O7/c1-9-12-36-19-23-20(4)15-21-16-26(34-7)30(38-14-11-3)31(35-8)28(21)27(23)22-17-24(32-5)29(37-13-10-2)25(18-22)33-6/h15-18,23,27H,9-14,19H2,1-8H3. The fourth-order valence-corrected chi connectivity index (χ4v) is 5.01. The molecule has 1 aliphatic carbocycles. The summed E-state index contributed by atoms with van der Waals surface area (Å²) in [6, 6.07) is 6.13. The summed E-state index contributed by atoms with van der Waals surface area (Å²) in [6.45, 7) is 10.8. The Labute approximate surface area is 228 Å². The Hall–Kier alpha value is -3.06. The normalized spacial score (nSPS) is 16.4. The van der Waals surface area contributed by atoms with Gasteiger partial charge in [0.15, 0.2) is 23.0 Å². The van der Waals surface area contributed by atoms with E-state index in [0.717, 1.165) is 36.0 Å². The zero-order valence-corrected chi connectivity index (χ0v) is 24.3. The predicted molar refractivity (Wildman–Crippen MR) is 151 cm³/mol. The van der Waals surface area contributed by atoms with Crippen molar-refractivity contribution < 1.29 is 33.2 Å². The van der Waals surface area contributed by atoms with Crippen molar-refractivity contribution in [2.24, 2.45) is 5.92 Å². The van der Waals surface area contributed by atoms with Crippen molar-refractivity contribution in [3.8, 4) is 34.5 Å². The van der Waals surface area contributed by atoms with Crippen LogP contribution in [0.5, 0.6) is 34.5 Å². The Morgan fingerprint density at radius 2 is 1.21 bits per heavy atom. The van der Waals surface area contributed by atoms with Crippen molar-refractivity contribution in [1.29, 1.82) is 0 Å². The van der Waals surface area contributed by atoms with Gasteiger partial charge in [-0.25, -0.2) is 0 Å². The maximum atomic E-state index is 6.19. The van der Waals surface area contributed by atoms with Crippen molar-refractivity contribution in [2.75, 3.05) is 54.9 Å². The Bertz CT molecular complexity index is 1070. The topological polar surface area (TPSA) is 64.6 Å². The molecule has 0 N–H and O–H groups in total. The highest BCUT2D eigenvalue weighted by Crippen LogP contribution is 2.54. The van der Waals surface area contributed by atoms with Gasteiger partial charge in [-0.1, -0.05) is 32.4 Å². The van der Waals surface area contributed by atoms with E-state index in [9.17, 15) is 0 Å². The van der Waals surface area contributed by atoms with Crippen molar-refractivity contribution in [3.63, 3.8) is 0 Å². The minimum atomic E-state index is -0.111. The fourth-order valence-electron chi connectivity index (χ4n) is 5.01. The highest BCUT2D eigenvalue weighted by molar-refractivity contribution is 5.74. The van der Waals surface area contributed by atoms with E-state index in [1.807, 2.05) is 18.2 Å². The first kappa shape index (κ1) is 29.5. The minimum absolute atomic E-state index is 0.0622. The number of fused-ring (bicyclic) bond motifs is 1. The third-order valence-electron chi connectivity index (χ3n) is 6.77. The largest absolute Gasteiger partial charge is 0.493 e. The van der Waals surface area contributed by atoms with Gasteiger partial charge in [-0.3, -0.25) is 0 Å². The van der Waals surface area contributed by atoms with Gasteiger partial charge in [0.2, 0.25) is 11.5 Å². The molecular weight excluding hydrogens is 484 g/mol. The molecule has 0 spiro atoms. The molecule has 2 aromatic rings. The highest BCUT2D eigenvalue weighted by atomic mass is 16.5. The van der Waals surface area contributed by atoms with E-state index in [2.05, 4.69) is 33.8 Å². The van der Waals surface area contributed by atoms with Crippen LogP contribution >= 0.6 is 0 Å². The SMILES string of the molecule is CCCOCC1C(C)=Cc2cc(OC)c(OCCC)c(OC)c2C1c1cc(OC)c(OCCC)c(OC)c1.